The summed E-state index contributed by atoms with van der Waals surface area (Å²) in [5, 5.41) is 3.10. The average Bonchev–Trinajstić information content (AvgIpc) is 3.00. The van der Waals surface area contributed by atoms with Gasteiger partial charge in [-0.1, -0.05) is 23.2 Å². The maximum absolute atomic E-state index is 13.5. The molecule has 2 aliphatic heterocycles. The van der Waals surface area contributed by atoms with Crippen molar-refractivity contribution in [3.8, 4) is 5.75 Å². The normalized spacial score (nSPS) is 22.5. The minimum atomic E-state index is -3.24. The Morgan fingerprint density at radius 3 is 2.12 bits per heavy atom. The van der Waals surface area contributed by atoms with Crippen LogP contribution < -0.4 is 15.0 Å². The molecule has 2 aromatic carbocycles. The van der Waals surface area contributed by atoms with Crippen molar-refractivity contribution in [1.29, 1.82) is 0 Å². The molecular formula is C24H27Cl2FN2O4S. The van der Waals surface area contributed by atoms with Gasteiger partial charge in [-0.2, -0.15) is 0 Å². The van der Waals surface area contributed by atoms with Crippen LogP contribution in [-0.2, 0) is 14.6 Å². The summed E-state index contributed by atoms with van der Waals surface area (Å²) in [6.45, 7) is 3.23. The van der Waals surface area contributed by atoms with Gasteiger partial charge in [-0.3, -0.25) is 4.79 Å². The molecule has 0 aliphatic carbocycles. The number of halogens is 3. The van der Waals surface area contributed by atoms with E-state index < -0.39 is 21.3 Å². The smallest absolute Gasteiger partial charge is 0.263 e. The van der Waals surface area contributed by atoms with E-state index in [0.717, 1.165) is 43.5 Å². The second-order valence-corrected chi connectivity index (χ2v) is 12.3. The van der Waals surface area contributed by atoms with Crippen LogP contribution in [0.15, 0.2) is 41.3 Å². The number of amides is 1. The third-order valence-electron chi connectivity index (χ3n) is 6.50. The molecule has 0 aromatic heterocycles. The molecule has 3 atom stereocenters. The van der Waals surface area contributed by atoms with Gasteiger partial charge in [-0.15, -0.1) is 0 Å². The SMILES string of the molecule is CC(C)(Oc1c(Cl)cc(F)cc1Cl)C(=O)N[C@H]1C[C@H]2CC[C@@H](C1)N2c1ccc(S(C)(=O)=O)cc1. The number of anilines is 1. The number of benzene rings is 2. The predicted molar refractivity (Wildman–Crippen MR) is 131 cm³/mol. The van der Waals surface area contributed by atoms with Gasteiger partial charge in [0.15, 0.2) is 21.2 Å². The van der Waals surface area contributed by atoms with Crippen LogP contribution >= 0.6 is 23.2 Å². The minimum absolute atomic E-state index is 0.000816. The zero-order chi connectivity index (χ0) is 24.8. The Kier molecular flexibility index (Phi) is 6.79. The van der Waals surface area contributed by atoms with Crippen LogP contribution in [0.4, 0.5) is 10.1 Å². The Morgan fingerprint density at radius 2 is 1.62 bits per heavy atom. The lowest BCUT2D eigenvalue weighted by atomic mass is 9.95. The summed E-state index contributed by atoms with van der Waals surface area (Å²) < 4.78 is 42.8. The van der Waals surface area contributed by atoms with Crippen LogP contribution in [0.3, 0.4) is 0 Å². The molecule has 2 heterocycles. The van der Waals surface area contributed by atoms with E-state index in [1.165, 1.54) is 6.26 Å². The molecule has 0 saturated carbocycles. The Labute approximate surface area is 209 Å². The highest BCUT2D eigenvalue weighted by Crippen LogP contribution is 2.40. The van der Waals surface area contributed by atoms with Crippen LogP contribution in [0.1, 0.15) is 39.5 Å². The number of sulfone groups is 1. The van der Waals surface area contributed by atoms with E-state index in [1.807, 2.05) is 12.1 Å². The van der Waals surface area contributed by atoms with Gasteiger partial charge in [0.2, 0.25) is 0 Å². The molecule has 2 saturated heterocycles. The van der Waals surface area contributed by atoms with E-state index in [9.17, 15) is 17.6 Å². The molecule has 2 aliphatic rings. The van der Waals surface area contributed by atoms with Crippen LogP contribution in [0, 0.1) is 5.82 Å². The van der Waals surface area contributed by atoms with Gasteiger partial charge < -0.3 is 15.0 Å². The zero-order valence-corrected chi connectivity index (χ0v) is 21.5. The monoisotopic (exact) mass is 528 g/mol. The minimum Gasteiger partial charge on any atom is -0.475 e. The number of piperidine rings is 1. The summed E-state index contributed by atoms with van der Waals surface area (Å²) in [4.78, 5) is 15.7. The van der Waals surface area contributed by atoms with Crippen molar-refractivity contribution >= 4 is 44.6 Å². The number of hydrogen-bond donors (Lipinski definition) is 1. The molecule has 184 valence electrons. The maximum atomic E-state index is 13.5. The Bertz CT molecular complexity index is 1170. The number of nitrogens with zero attached hydrogens (tertiary/aromatic N) is 1. The number of hydrogen-bond acceptors (Lipinski definition) is 5. The highest BCUT2D eigenvalue weighted by molar-refractivity contribution is 7.90. The number of fused-ring (bicyclic) bond motifs is 2. The number of rotatable bonds is 6. The zero-order valence-electron chi connectivity index (χ0n) is 19.1. The average molecular weight is 529 g/mol. The highest BCUT2D eigenvalue weighted by atomic mass is 35.5. The fourth-order valence-electron chi connectivity index (χ4n) is 4.87. The first-order valence-electron chi connectivity index (χ1n) is 11.1. The number of nitrogens with one attached hydrogen (secondary N) is 1. The largest absolute Gasteiger partial charge is 0.475 e. The molecule has 1 N–H and O–H groups in total. The van der Waals surface area contributed by atoms with Crippen LogP contribution in [0.25, 0.3) is 0 Å². The van der Waals surface area contributed by atoms with E-state index in [4.69, 9.17) is 27.9 Å². The second-order valence-electron chi connectivity index (χ2n) is 9.51. The van der Waals surface area contributed by atoms with Crippen molar-refractivity contribution in [3.63, 3.8) is 0 Å². The predicted octanol–water partition coefficient (Wildman–Crippen LogP) is 5.01. The van der Waals surface area contributed by atoms with Crippen molar-refractivity contribution in [1.82, 2.24) is 5.32 Å². The van der Waals surface area contributed by atoms with E-state index in [1.54, 1.807) is 26.0 Å². The van der Waals surface area contributed by atoms with Gasteiger partial charge >= 0.3 is 0 Å². The van der Waals surface area contributed by atoms with Crippen molar-refractivity contribution in [2.75, 3.05) is 11.2 Å². The number of ether oxygens (including phenoxy) is 1. The van der Waals surface area contributed by atoms with E-state index >= 15 is 0 Å². The summed E-state index contributed by atoms with van der Waals surface area (Å²) in [6.07, 6.45) is 4.74. The van der Waals surface area contributed by atoms with Crippen LogP contribution in [0.5, 0.6) is 5.75 Å². The lowest BCUT2D eigenvalue weighted by Gasteiger charge is -2.41. The molecule has 1 amide bonds. The van der Waals surface area contributed by atoms with Gasteiger partial charge in [-0.05, 0) is 75.9 Å². The van der Waals surface area contributed by atoms with E-state index in [0.29, 0.717) is 4.90 Å². The van der Waals surface area contributed by atoms with Gasteiger partial charge in [0, 0.05) is 30.1 Å². The van der Waals surface area contributed by atoms with Crippen LogP contribution in [-0.4, -0.2) is 44.3 Å². The molecule has 0 spiro atoms. The summed E-state index contributed by atoms with van der Waals surface area (Å²) in [6, 6.07) is 9.64. The first-order chi connectivity index (χ1) is 15.8. The summed E-state index contributed by atoms with van der Waals surface area (Å²) in [5.41, 5.74) is -0.281. The second kappa shape index (κ2) is 9.21. The fourth-order valence-corrected chi connectivity index (χ4v) is 6.04. The van der Waals surface area contributed by atoms with Crippen molar-refractivity contribution in [2.45, 2.75) is 68.2 Å². The molecule has 2 aromatic rings. The molecule has 2 bridgehead atoms. The van der Waals surface area contributed by atoms with Gasteiger partial charge in [0.05, 0.1) is 14.9 Å². The third-order valence-corrected chi connectivity index (χ3v) is 8.19. The molecule has 2 fully saturated rings. The molecule has 34 heavy (non-hydrogen) atoms. The lowest BCUT2D eigenvalue weighted by Crippen LogP contribution is -2.55. The van der Waals surface area contributed by atoms with E-state index in [-0.39, 0.29) is 39.8 Å². The van der Waals surface area contributed by atoms with Crippen molar-refractivity contribution < 1.29 is 22.3 Å². The number of carbonyl (C=O) groups excluding carboxylic acids is 1. The molecule has 0 unspecified atom stereocenters. The summed E-state index contributed by atoms with van der Waals surface area (Å²) in [5.74, 6) is -0.825. The topological polar surface area (TPSA) is 75.7 Å². The first-order valence-corrected chi connectivity index (χ1v) is 13.7. The van der Waals surface area contributed by atoms with Gasteiger partial charge in [0.1, 0.15) is 5.82 Å². The number of carbonyl (C=O) groups is 1. The lowest BCUT2D eigenvalue weighted by molar-refractivity contribution is -0.135. The van der Waals surface area contributed by atoms with Crippen molar-refractivity contribution in [2.24, 2.45) is 0 Å². The summed E-state index contributed by atoms with van der Waals surface area (Å²) in [7, 11) is -3.24. The highest BCUT2D eigenvalue weighted by Gasteiger charge is 2.43. The van der Waals surface area contributed by atoms with Crippen molar-refractivity contribution in [3.05, 3.63) is 52.3 Å². The Hall–Kier alpha value is -2.03. The molecule has 0 radical (unpaired) electrons. The molecule has 6 nitrogen and oxygen atoms in total. The Balaban J connectivity index is 1.42. The molecular weight excluding hydrogens is 502 g/mol. The van der Waals surface area contributed by atoms with Gasteiger partial charge in [-0.25, -0.2) is 12.8 Å². The standard InChI is InChI=1S/C24H27Cl2FN2O4S/c1-24(2,33-22-20(25)10-14(27)11-21(22)26)23(30)28-15-12-17-4-5-18(13-15)29(17)16-6-8-19(9-7-16)34(3,31)32/h6-11,15,17-18H,4-5,12-13H2,1-3H3,(H,28,30)/t15-,17+,18-. The first kappa shape index (κ1) is 25.1. The third kappa shape index (κ3) is 5.14. The summed E-state index contributed by atoms with van der Waals surface area (Å²) >= 11 is 12.1. The fraction of sp³-hybridized carbons (Fsp3) is 0.458. The maximum Gasteiger partial charge on any atom is 0.263 e. The Morgan fingerprint density at radius 1 is 1.09 bits per heavy atom. The van der Waals surface area contributed by atoms with Crippen LogP contribution in [0.2, 0.25) is 10.0 Å². The quantitative estimate of drug-likeness (QED) is 0.570. The molecule has 4 rings (SSSR count). The van der Waals surface area contributed by atoms with Gasteiger partial charge in [0.25, 0.3) is 5.91 Å². The van der Waals surface area contributed by atoms with E-state index in [2.05, 4.69) is 10.2 Å². The molecule has 10 heteroatoms.